The van der Waals surface area contributed by atoms with Crippen LogP contribution in [0.25, 0.3) is 0 Å². The number of nitrogens with zero attached hydrogens (tertiary/aromatic N) is 2. The van der Waals surface area contributed by atoms with Gasteiger partial charge in [0.05, 0.1) is 6.10 Å². The Kier molecular flexibility index (Phi) is 7.09. The van der Waals surface area contributed by atoms with E-state index in [-0.39, 0.29) is 6.10 Å². The molecule has 0 amide bonds. The van der Waals surface area contributed by atoms with Crippen molar-refractivity contribution in [2.75, 3.05) is 40.8 Å². The summed E-state index contributed by atoms with van der Waals surface area (Å²) in [4.78, 5) is 4.62. The lowest BCUT2D eigenvalue weighted by molar-refractivity contribution is 0.0788. The predicted molar refractivity (Wildman–Crippen MR) is 73.2 cm³/mol. The first-order chi connectivity index (χ1) is 8.09. The number of hydrogen-bond acceptors (Lipinski definition) is 3. The summed E-state index contributed by atoms with van der Waals surface area (Å²) in [5.74, 6) is 0.502. The molecule has 0 aromatic heterocycles. The third kappa shape index (κ3) is 6.39. The van der Waals surface area contributed by atoms with Crippen LogP contribution in [-0.4, -0.2) is 61.8 Å². The smallest absolute Gasteiger partial charge is 0.0580 e. The third-order valence-electron chi connectivity index (χ3n) is 3.81. The number of aliphatic hydroxyl groups excluding tert-OH is 1. The SMILES string of the molecule is CN(C)CCCN(C)CC1CCCCCC1O. The average Bonchev–Trinajstić information content (AvgIpc) is 2.44. The Morgan fingerprint density at radius 1 is 1.00 bits per heavy atom. The van der Waals surface area contributed by atoms with Gasteiger partial charge in [0.2, 0.25) is 0 Å². The monoisotopic (exact) mass is 242 g/mol. The molecule has 0 aromatic rings. The first-order valence-corrected chi connectivity index (χ1v) is 7.11. The highest BCUT2D eigenvalue weighted by Crippen LogP contribution is 2.24. The van der Waals surface area contributed by atoms with E-state index in [1.54, 1.807) is 0 Å². The quantitative estimate of drug-likeness (QED) is 0.720. The van der Waals surface area contributed by atoms with E-state index in [0.717, 1.165) is 26.1 Å². The van der Waals surface area contributed by atoms with Crippen molar-refractivity contribution < 1.29 is 5.11 Å². The molecule has 0 radical (unpaired) electrons. The molecule has 1 fully saturated rings. The predicted octanol–water partition coefficient (Wildman–Crippen LogP) is 1.81. The van der Waals surface area contributed by atoms with Crippen molar-refractivity contribution >= 4 is 0 Å². The van der Waals surface area contributed by atoms with Gasteiger partial charge < -0.3 is 14.9 Å². The summed E-state index contributed by atoms with van der Waals surface area (Å²) >= 11 is 0. The molecule has 0 aliphatic heterocycles. The molecule has 0 saturated heterocycles. The molecule has 3 heteroatoms. The van der Waals surface area contributed by atoms with Crippen molar-refractivity contribution in [1.29, 1.82) is 0 Å². The molecule has 0 heterocycles. The molecule has 1 aliphatic rings. The highest BCUT2D eigenvalue weighted by Gasteiger charge is 2.22. The Hall–Kier alpha value is -0.120. The van der Waals surface area contributed by atoms with Crippen molar-refractivity contribution in [3.63, 3.8) is 0 Å². The molecular weight excluding hydrogens is 212 g/mol. The minimum Gasteiger partial charge on any atom is -0.393 e. The summed E-state index contributed by atoms with van der Waals surface area (Å²) in [5.41, 5.74) is 0. The van der Waals surface area contributed by atoms with Crippen LogP contribution in [0, 0.1) is 5.92 Å². The van der Waals surface area contributed by atoms with E-state index in [1.165, 1.54) is 32.1 Å². The van der Waals surface area contributed by atoms with Gasteiger partial charge in [0, 0.05) is 6.54 Å². The van der Waals surface area contributed by atoms with Crippen molar-refractivity contribution in [3.8, 4) is 0 Å². The highest BCUT2D eigenvalue weighted by molar-refractivity contribution is 4.75. The first kappa shape index (κ1) is 14.9. The fourth-order valence-corrected chi connectivity index (χ4v) is 2.73. The summed E-state index contributed by atoms with van der Waals surface area (Å²) in [6.07, 6.45) is 7.18. The Morgan fingerprint density at radius 3 is 2.41 bits per heavy atom. The minimum absolute atomic E-state index is 0.0613. The van der Waals surface area contributed by atoms with Gasteiger partial charge in [-0.05, 0) is 59.4 Å². The molecule has 2 atom stereocenters. The van der Waals surface area contributed by atoms with Gasteiger partial charge in [0.25, 0.3) is 0 Å². The summed E-state index contributed by atoms with van der Waals surface area (Å²) in [6.45, 7) is 3.35. The average molecular weight is 242 g/mol. The minimum atomic E-state index is -0.0613. The van der Waals surface area contributed by atoms with E-state index in [4.69, 9.17) is 0 Å². The lowest BCUT2D eigenvalue weighted by atomic mass is 9.97. The van der Waals surface area contributed by atoms with Crippen LogP contribution in [0.5, 0.6) is 0 Å². The van der Waals surface area contributed by atoms with Crippen LogP contribution in [0.2, 0.25) is 0 Å². The van der Waals surface area contributed by atoms with Crippen LogP contribution in [0.3, 0.4) is 0 Å². The van der Waals surface area contributed by atoms with E-state index in [9.17, 15) is 5.11 Å². The summed E-state index contributed by atoms with van der Waals surface area (Å²) in [6, 6.07) is 0. The second kappa shape index (κ2) is 8.06. The first-order valence-electron chi connectivity index (χ1n) is 7.11. The second-order valence-electron chi connectivity index (χ2n) is 5.88. The topological polar surface area (TPSA) is 26.7 Å². The van der Waals surface area contributed by atoms with Crippen molar-refractivity contribution in [2.45, 2.75) is 44.6 Å². The fourth-order valence-electron chi connectivity index (χ4n) is 2.73. The highest BCUT2D eigenvalue weighted by atomic mass is 16.3. The number of rotatable bonds is 6. The maximum absolute atomic E-state index is 10.1. The molecule has 0 bridgehead atoms. The van der Waals surface area contributed by atoms with Gasteiger partial charge in [-0.3, -0.25) is 0 Å². The molecule has 1 saturated carbocycles. The zero-order valence-corrected chi connectivity index (χ0v) is 11.9. The summed E-state index contributed by atoms with van der Waals surface area (Å²) < 4.78 is 0. The van der Waals surface area contributed by atoms with Crippen molar-refractivity contribution in [1.82, 2.24) is 9.80 Å². The molecule has 3 nitrogen and oxygen atoms in total. The van der Waals surface area contributed by atoms with Crippen molar-refractivity contribution in [2.24, 2.45) is 5.92 Å². The number of aliphatic hydroxyl groups is 1. The Labute approximate surface area is 107 Å². The Morgan fingerprint density at radius 2 is 1.71 bits per heavy atom. The van der Waals surface area contributed by atoms with Gasteiger partial charge in [0.15, 0.2) is 0 Å². The Bertz CT molecular complexity index is 197. The Balaban J connectivity index is 2.21. The van der Waals surface area contributed by atoms with Gasteiger partial charge >= 0.3 is 0 Å². The van der Waals surface area contributed by atoms with Gasteiger partial charge in [-0.15, -0.1) is 0 Å². The lowest BCUT2D eigenvalue weighted by Gasteiger charge is -2.26. The maximum Gasteiger partial charge on any atom is 0.0580 e. The van der Waals surface area contributed by atoms with Crippen LogP contribution < -0.4 is 0 Å². The van der Waals surface area contributed by atoms with Crippen LogP contribution in [-0.2, 0) is 0 Å². The summed E-state index contributed by atoms with van der Waals surface area (Å²) in [7, 11) is 6.43. The van der Waals surface area contributed by atoms with Gasteiger partial charge in [-0.1, -0.05) is 19.3 Å². The van der Waals surface area contributed by atoms with Crippen molar-refractivity contribution in [3.05, 3.63) is 0 Å². The standard InChI is InChI=1S/C14H30N2O/c1-15(2)10-7-11-16(3)12-13-8-5-4-6-9-14(13)17/h13-14,17H,4-12H2,1-3H3. The zero-order valence-electron chi connectivity index (χ0n) is 11.9. The molecule has 1 aliphatic carbocycles. The second-order valence-corrected chi connectivity index (χ2v) is 5.88. The van der Waals surface area contributed by atoms with E-state index in [0.29, 0.717) is 5.92 Å². The molecule has 102 valence electrons. The fraction of sp³-hybridized carbons (Fsp3) is 1.00. The summed E-state index contributed by atoms with van der Waals surface area (Å²) in [5, 5.41) is 10.1. The molecule has 0 spiro atoms. The van der Waals surface area contributed by atoms with Crippen LogP contribution in [0.4, 0.5) is 0 Å². The van der Waals surface area contributed by atoms with Gasteiger partial charge in [-0.2, -0.15) is 0 Å². The van der Waals surface area contributed by atoms with Gasteiger partial charge in [0.1, 0.15) is 0 Å². The molecule has 1 N–H and O–H groups in total. The molecule has 1 rings (SSSR count). The van der Waals surface area contributed by atoms with Crippen LogP contribution in [0.15, 0.2) is 0 Å². The number of hydrogen-bond donors (Lipinski definition) is 1. The van der Waals surface area contributed by atoms with Gasteiger partial charge in [-0.25, -0.2) is 0 Å². The largest absolute Gasteiger partial charge is 0.393 e. The third-order valence-corrected chi connectivity index (χ3v) is 3.81. The van der Waals surface area contributed by atoms with E-state index < -0.39 is 0 Å². The van der Waals surface area contributed by atoms with E-state index >= 15 is 0 Å². The molecule has 0 aromatic carbocycles. The van der Waals surface area contributed by atoms with E-state index in [1.807, 2.05) is 0 Å². The zero-order chi connectivity index (χ0) is 12.7. The molecule has 2 unspecified atom stereocenters. The van der Waals surface area contributed by atoms with Crippen LogP contribution >= 0.6 is 0 Å². The maximum atomic E-state index is 10.1. The molecule has 17 heavy (non-hydrogen) atoms. The van der Waals surface area contributed by atoms with Crippen LogP contribution in [0.1, 0.15) is 38.5 Å². The van der Waals surface area contributed by atoms with E-state index in [2.05, 4.69) is 30.9 Å². The molecular formula is C14H30N2O. The lowest BCUT2D eigenvalue weighted by Crippen LogP contribution is -2.33. The normalized spacial score (nSPS) is 26.5.